The number of nitrogens with one attached hydrogen (secondary N) is 1. The molecule has 0 aliphatic carbocycles. The number of benzene rings is 1. The number of ether oxygens (including phenoxy) is 2. The van der Waals surface area contributed by atoms with Gasteiger partial charge >= 0.3 is 0 Å². The Balaban J connectivity index is 2.56. The van der Waals surface area contributed by atoms with Crippen LogP contribution in [0.1, 0.15) is 39.7 Å². The third-order valence-electron chi connectivity index (χ3n) is 4.25. The highest BCUT2D eigenvalue weighted by molar-refractivity contribution is 5.77. The maximum atomic E-state index is 5.91. The number of guanidine groups is 1. The second kappa shape index (κ2) is 12.4. The molecule has 6 heteroatoms. The van der Waals surface area contributed by atoms with Crippen LogP contribution in [0, 0.1) is 5.92 Å². The molecule has 1 aromatic rings. The Morgan fingerprint density at radius 3 is 2.58 bits per heavy atom. The van der Waals surface area contributed by atoms with E-state index < -0.39 is 0 Å². The molecule has 0 heterocycles. The van der Waals surface area contributed by atoms with E-state index in [9.17, 15) is 0 Å². The van der Waals surface area contributed by atoms with E-state index >= 15 is 0 Å². The van der Waals surface area contributed by atoms with Gasteiger partial charge in [0.1, 0.15) is 6.61 Å². The first-order valence-electron chi connectivity index (χ1n) is 9.55. The Bertz CT molecular complexity index is 543. The van der Waals surface area contributed by atoms with Gasteiger partial charge in [0.15, 0.2) is 17.5 Å². The van der Waals surface area contributed by atoms with Crippen molar-refractivity contribution in [2.24, 2.45) is 16.6 Å². The van der Waals surface area contributed by atoms with Crippen molar-refractivity contribution in [3.05, 3.63) is 23.8 Å². The van der Waals surface area contributed by atoms with Gasteiger partial charge in [0.2, 0.25) is 0 Å². The zero-order valence-electron chi connectivity index (χ0n) is 17.0. The van der Waals surface area contributed by atoms with Crippen LogP contribution in [-0.2, 0) is 6.54 Å². The van der Waals surface area contributed by atoms with Gasteiger partial charge in [-0.25, -0.2) is 4.99 Å². The Morgan fingerprint density at radius 2 is 1.96 bits per heavy atom. The van der Waals surface area contributed by atoms with Gasteiger partial charge < -0.3 is 25.4 Å². The number of nitrogens with two attached hydrogens (primary N) is 1. The summed E-state index contributed by atoms with van der Waals surface area (Å²) in [5, 5.41) is 3.14. The van der Waals surface area contributed by atoms with E-state index in [1.54, 1.807) is 7.11 Å². The van der Waals surface area contributed by atoms with E-state index in [1.807, 2.05) is 18.2 Å². The summed E-state index contributed by atoms with van der Waals surface area (Å²) in [7, 11) is 1.65. The lowest BCUT2D eigenvalue weighted by Crippen LogP contribution is -2.32. The van der Waals surface area contributed by atoms with Crippen LogP contribution in [0.15, 0.2) is 23.2 Å². The van der Waals surface area contributed by atoms with Crippen molar-refractivity contribution < 1.29 is 9.47 Å². The third kappa shape index (κ3) is 8.43. The van der Waals surface area contributed by atoms with Crippen LogP contribution < -0.4 is 20.5 Å². The van der Waals surface area contributed by atoms with Gasteiger partial charge in [-0.1, -0.05) is 33.8 Å². The minimum atomic E-state index is 0.476. The van der Waals surface area contributed by atoms with Crippen LogP contribution in [0.2, 0.25) is 0 Å². The summed E-state index contributed by atoms with van der Waals surface area (Å²) in [5.74, 6) is 2.61. The second-order valence-corrected chi connectivity index (χ2v) is 6.67. The smallest absolute Gasteiger partial charge is 0.188 e. The monoisotopic (exact) mass is 364 g/mol. The predicted octanol–water partition coefficient (Wildman–Crippen LogP) is 2.87. The lowest BCUT2D eigenvalue weighted by Gasteiger charge is -2.18. The van der Waals surface area contributed by atoms with E-state index in [1.165, 1.54) is 0 Å². The van der Waals surface area contributed by atoms with E-state index in [-0.39, 0.29) is 0 Å². The van der Waals surface area contributed by atoms with Crippen molar-refractivity contribution in [1.29, 1.82) is 0 Å². The molecule has 26 heavy (non-hydrogen) atoms. The van der Waals surface area contributed by atoms with E-state index in [4.69, 9.17) is 15.2 Å². The van der Waals surface area contributed by atoms with Crippen LogP contribution >= 0.6 is 0 Å². The summed E-state index contributed by atoms with van der Waals surface area (Å²) in [6.07, 6.45) is 1.07. The Kier molecular flexibility index (Phi) is 10.5. The lowest BCUT2D eigenvalue weighted by atomic mass is 10.1. The number of aliphatic imine (C=N–C) groups is 1. The van der Waals surface area contributed by atoms with Crippen LogP contribution in [0.5, 0.6) is 11.5 Å². The highest BCUT2D eigenvalue weighted by atomic mass is 16.5. The predicted molar refractivity (Wildman–Crippen MR) is 109 cm³/mol. The number of hydrogen-bond donors (Lipinski definition) is 2. The van der Waals surface area contributed by atoms with Crippen molar-refractivity contribution in [2.45, 2.75) is 40.7 Å². The Labute approximate surface area is 158 Å². The fourth-order valence-corrected chi connectivity index (χ4v) is 2.48. The van der Waals surface area contributed by atoms with Crippen LogP contribution in [0.4, 0.5) is 0 Å². The average Bonchev–Trinajstić information content (AvgIpc) is 2.63. The van der Waals surface area contributed by atoms with Crippen molar-refractivity contribution >= 4 is 5.96 Å². The van der Waals surface area contributed by atoms with Crippen molar-refractivity contribution in [3.63, 3.8) is 0 Å². The van der Waals surface area contributed by atoms with Crippen LogP contribution in [0.25, 0.3) is 0 Å². The maximum absolute atomic E-state index is 5.91. The lowest BCUT2D eigenvalue weighted by molar-refractivity contribution is 0.217. The zero-order chi connectivity index (χ0) is 19.4. The SMILES string of the molecule is CCN(CC)CCOc1ccc(CN=C(N)NCCC(C)C)cc1OC. The molecule has 0 saturated heterocycles. The topological polar surface area (TPSA) is 72.1 Å². The van der Waals surface area contributed by atoms with E-state index in [0.29, 0.717) is 25.0 Å². The Morgan fingerprint density at radius 1 is 1.23 bits per heavy atom. The summed E-state index contributed by atoms with van der Waals surface area (Å²) < 4.78 is 11.3. The molecule has 1 aromatic carbocycles. The number of rotatable bonds is 12. The van der Waals surface area contributed by atoms with Gasteiger partial charge in [-0.15, -0.1) is 0 Å². The number of hydrogen-bond acceptors (Lipinski definition) is 4. The normalized spacial score (nSPS) is 11.9. The Hall–Kier alpha value is -1.95. The average molecular weight is 365 g/mol. The molecule has 0 bridgehead atoms. The quantitative estimate of drug-likeness (QED) is 0.441. The third-order valence-corrected chi connectivity index (χ3v) is 4.25. The van der Waals surface area contributed by atoms with Crippen LogP contribution in [0.3, 0.4) is 0 Å². The van der Waals surface area contributed by atoms with Gasteiger partial charge in [-0.3, -0.25) is 0 Å². The molecule has 1 rings (SSSR count). The summed E-state index contributed by atoms with van der Waals surface area (Å²) in [6.45, 7) is 13.6. The molecule has 6 nitrogen and oxygen atoms in total. The molecule has 0 aromatic heterocycles. The highest BCUT2D eigenvalue weighted by Crippen LogP contribution is 2.28. The standard InChI is InChI=1S/C20H36N4O2/c1-6-24(7-2)12-13-26-18-9-8-17(14-19(18)25-5)15-23-20(21)22-11-10-16(3)4/h8-9,14,16H,6-7,10-13,15H2,1-5H3,(H3,21,22,23). The fraction of sp³-hybridized carbons (Fsp3) is 0.650. The molecule has 0 aliphatic heterocycles. The number of likely N-dealkylation sites (N-methyl/N-ethyl adjacent to an activating group) is 1. The molecular formula is C20H36N4O2. The summed E-state index contributed by atoms with van der Waals surface area (Å²) >= 11 is 0. The van der Waals surface area contributed by atoms with Crippen molar-refractivity contribution in [2.75, 3.05) is 39.9 Å². The first kappa shape index (κ1) is 22.1. The molecule has 0 atom stereocenters. The molecule has 0 unspecified atom stereocenters. The van der Waals surface area contributed by atoms with Crippen molar-refractivity contribution in [1.82, 2.24) is 10.2 Å². The number of methoxy groups -OCH3 is 1. The van der Waals surface area contributed by atoms with Gasteiger partial charge in [0.25, 0.3) is 0 Å². The maximum Gasteiger partial charge on any atom is 0.188 e. The second-order valence-electron chi connectivity index (χ2n) is 6.67. The minimum absolute atomic E-state index is 0.476. The molecule has 0 radical (unpaired) electrons. The highest BCUT2D eigenvalue weighted by Gasteiger charge is 2.07. The number of nitrogens with zero attached hydrogens (tertiary/aromatic N) is 2. The van der Waals surface area contributed by atoms with E-state index in [0.717, 1.165) is 49.7 Å². The summed E-state index contributed by atoms with van der Waals surface area (Å²) in [4.78, 5) is 6.71. The van der Waals surface area contributed by atoms with Gasteiger partial charge in [0.05, 0.1) is 13.7 Å². The van der Waals surface area contributed by atoms with Crippen molar-refractivity contribution in [3.8, 4) is 11.5 Å². The zero-order valence-corrected chi connectivity index (χ0v) is 17.0. The molecular weight excluding hydrogens is 328 g/mol. The van der Waals surface area contributed by atoms with Crippen LogP contribution in [-0.4, -0.2) is 50.8 Å². The van der Waals surface area contributed by atoms with Gasteiger partial charge in [-0.05, 0) is 43.1 Å². The molecule has 148 valence electrons. The largest absolute Gasteiger partial charge is 0.493 e. The molecule has 0 amide bonds. The minimum Gasteiger partial charge on any atom is -0.493 e. The first-order chi connectivity index (χ1) is 12.5. The molecule has 0 aliphatic rings. The molecule has 0 fully saturated rings. The summed E-state index contributed by atoms with van der Waals surface area (Å²) in [5.41, 5.74) is 6.94. The van der Waals surface area contributed by atoms with E-state index in [2.05, 4.69) is 42.9 Å². The first-order valence-corrected chi connectivity index (χ1v) is 9.55. The summed E-state index contributed by atoms with van der Waals surface area (Å²) in [6, 6.07) is 5.89. The van der Waals surface area contributed by atoms with Gasteiger partial charge in [0, 0.05) is 13.1 Å². The molecule has 3 N–H and O–H groups in total. The fourth-order valence-electron chi connectivity index (χ4n) is 2.48. The van der Waals surface area contributed by atoms with Gasteiger partial charge in [-0.2, -0.15) is 0 Å². The molecule has 0 saturated carbocycles. The molecule has 0 spiro atoms.